The van der Waals surface area contributed by atoms with Gasteiger partial charge in [-0.1, -0.05) is 45.4 Å². The summed E-state index contributed by atoms with van der Waals surface area (Å²) in [7, 11) is 0. The van der Waals surface area contributed by atoms with E-state index in [-0.39, 0.29) is 12.2 Å². The van der Waals surface area contributed by atoms with Gasteiger partial charge in [-0.3, -0.25) is 0 Å². The minimum Gasteiger partial charge on any atom is -0.389 e. The quantitative estimate of drug-likeness (QED) is 0.353. The van der Waals surface area contributed by atoms with Gasteiger partial charge in [-0.25, -0.2) is 0 Å². The fourth-order valence-electron chi connectivity index (χ4n) is 4.99. The molecule has 0 amide bonds. The highest BCUT2D eigenvalue weighted by Crippen LogP contribution is 2.40. The lowest BCUT2D eigenvalue weighted by Gasteiger charge is -2.28. The van der Waals surface area contributed by atoms with E-state index in [0.717, 1.165) is 32.5 Å². The van der Waals surface area contributed by atoms with E-state index in [0.29, 0.717) is 19.8 Å². The summed E-state index contributed by atoms with van der Waals surface area (Å²) in [4.78, 5) is 2.29. The van der Waals surface area contributed by atoms with Gasteiger partial charge in [-0.15, -0.1) is 0 Å². The van der Waals surface area contributed by atoms with E-state index >= 15 is 0 Å². The van der Waals surface area contributed by atoms with Gasteiger partial charge in [-0.05, 0) is 52.6 Å². The number of aliphatic hydroxyl groups is 1. The number of likely N-dealkylation sites (tertiary alicyclic amines) is 1. The largest absolute Gasteiger partial charge is 0.389 e. The van der Waals surface area contributed by atoms with Crippen LogP contribution in [0, 0.1) is 0 Å². The summed E-state index contributed by atoms with van der Waals surface area (Å²) in [5.74, 6) is -0.689. The molecule has 3 saturated heterocycles. The Labute approximate surface area is 195 Å². The average Bonchev–Trinajstić information content (AvgIpc) is 3.45. The molecule has 0 radical (unpaired) electrons. The predicted octanol–water partition coefficient (Wildman–Crippen LogP) is 3.86. The van der Waals surface area contributed by atoms with Crippen LogP contribution < -0.4 is 0 Å². The maximum absolute atomic E-state index is 10.8. The number of fused-ring (bicyclic) bond motifs is 1. The van der Waals surface area contributed by atoms with Gasteiger partial charge in [0.15, 0.2) is 12.1 Å². The number of hydrogen-bond acceptors (Lipinski definition) is 7. The molecule has 0 bridgehead atoms. The number of rotatable bonds is 16. The molecule has 3 aliphatic rings. The molecule has 3 fully saturated rings. The number of unbranched alkanes of at least 4 members (excludes halogenated alkanes) is 6. The first kappa shape index (κ1) is 26.3. The molecule has 3 rings (SSSR count). The normalized spacial score (nSPS) is 30.8. The highest BCUT2D eigenvalue weighted by molar-refractivity contribution is 4.98. The second-order valence-electron chi connectivity index (χ2n) is 10.1. The van der Waals surface area contributed by atoms with Gasteiger partial charge in [0.25, 0.3) is 0 Å². The predicted molar refractivity (Wildman–Crippen MR) is 124 cm³/mol. The van der Waals surface area contributed by atoms with Crippen molar-refractivity contribution in [3.8, 4) is 0 Å². The summed E-state index contributed by atoms with van der Waals surface area (Å²) >= 11 is 0. The van der Waals surface area contributed by atoms with E-state index in [9.17, 15) is 5.11 Å². The Balaban J connectivity index is 1.30. The average molecular weight is 458 g/mol. The van der Waals surface area contributed by atoms with Crippen LogP contribution in [0.5, 0.6) is 0 Å². The Morgan fingerprint density at radius 3 is 2.31 bits per heavy atom. The molecule has 1 N–H and O–H groups in total. The van der Waals surface area contributed by atoms with Crippen LogP contribution in [0.3, 0.4) is 0 Å². The number of β-amino-alcohol motifs (C(OH)–C–C–N with tert-alkyl or cyclic N) is 1. The molecule has 0 aromatic carbocycles. The monoisotopic (exact) mass is 457 g/mol. The number of aliphatic hydroxyl groups excluding tert-OH is 1. The topological polar surface area (TPSA) is 69.6 Å². The van der Waals surface area contributed by atoms with Crippen LogP contribution in [0.15, 0.2) is 0 Å². The molecule has 3 heterocycles. The summed E-state index contributed by atoms with van der Waals surface area (Å²) < 4.78 is 30.0. The van der Waals surface area contributed by atoms with Crippen molar-refractivity contribution in [3.05, 3.63) is 0 Å². The first-order valence-electron chi connectivity index (χ1n) is 13.1. The summed E-state index contributed by atoms with van der Waals surface area (Å²) in [6.07, 6.45) is 10.1. The molecule has 0 unspecified atom stereocenters. The highest BCUT2D eigenvalue weighted by atomic mass is 16.8. The zero-order valence-corrected chi connectivity index (χ0v) is 20.6. The molecule has 188 valence electrons. The maximum Gasteiger partial charge on any atom is 0.187 e. The molecular weight excluding hydrogens is 410 g/mol. The highest BCUT2D eigenvalue weighted by Gasteiger charge is 2.57. The first-order valence-corrected chi connectivity index (χ1v) is 13.1. The third-order valence-electron chi connectivity index (χ3n) is 6.68. The standard InChI is InChI=1S/C25H47NO6/c1-4-5-6-7-8-9-12-16-28-17-13-18-29-24-23-22(31-25(2,3)32-23)21(30-24)20(27)19-26-14-10-11-15-26/h20-24,27H,4-19H2,1-3H3/t20-,21-,22+,23+,24+/m1/s1. The van der Waals surface area contributed by atoms with E-state index < -0.39 is 24.3 Å². The summed E-state index contributed by atoms with van der Waals surface area (Å²) in [5, 5.41) is 10.8. The first-order chi connectivity index (χ1) is 15.5. The van der Waals surface area contributed by atoms with E-state index in [2.05, 4.69) is 11.8 Å². The lowest BCUT2D eigenvalue weighted by Crippen LogP contribution is -2.44. The minimum atomic E-state index is -0.689. The minimum absolute atomic E-state index is 0.304. The van der Waals surface area contributed by atoms with Crippen molar-refractivity contribution in [1.82, 2.24) is 4.90 Å². The van der Waals surface area contributed by atoms with Gasteiger partial charge >= 0.3 is 0 Å². The van der Waals surface area contributed by atoms with E-state index in [1.807, 2.05) is 13.8 Å². The van der Waals surface area contributed by atoms with Gasteiger partial charge in [0.2, 0.25) is 0 Å². The van der Waals surface area contributed by atoms with Crippen molar-refractivity contribution in [2.75, 3.05) is 39.5 Å². The van der Waals surface area contributed by atoms with Gasteiger partial charge in [0.05, 0.1) is 12.7 Å². The van der Waals surface area contributed by atoms with Crippen molar-refractivity contribution >= 4 is 0 Å². The van der Waals surface area contributed by atoms with Crippen LogP contribution in [0.1, 0.15) is 85.0 Å². The van der Waals surface area contributed by atoms with Crippen LogP contribution in [0.4, 0.5) is 0 Å². The van der Waals surface area contributed by atoms with Crippen molar-refractivity contribution < 1.29 is 28.8 Å². The number of nitrogens with zero attached hydrogens (tertiary/aromatic N) is 1. The molecule has 5 atom stereocenters. The van der Waals surface area contributed by atoms with Crippen LogP contribution >= 0.6 is 0 Å². The van der Waals surface area contributed by atoms with Crippen LogP contribution in [0.25, 0.3) is 0 Å². The molecule has 32 heavy (non-hydrogen) atoms. The fraction of sp³-hybridized carbons (Fsp3) is 1.00. The molecule has 7 nitrogen and oxygen atoms in total. The van der Waals surface area contributed by atoms with Crippen LogP contribution in [-0.4, -0.2) is 86.0 Å². The lowest BCUT2D eigenvalue weighted by molar-refractivity contribution is -0.244. The molecule has 0 aromatic heterocycles. The third-order valence-corrected chi connectivity index (χ3v) is 6.68. The Morgan fingerprint density at radius 2 is 1.56 bits per heavy atom. The third kappa shape index (κ3) is 8.19. The smallest absolute Gasteiger partial charge is 0.187 e. The van der Waals surface area contributed by atoms with Crippen LogP contribution in [0.2, 0.25) is 0 Å². The Kier molecular flexibility index (Phi) is 11.2. The van der Waals surface area contributed by atoms with E-state index in [1.54, 1.807) is 0 Å². The van der Waals surface area contributed by atoms with Crippen molar-refractivity contribution in [2.45, 2.75) is 121 Å². The zero-order chi connectivity index (χ0) is 22.8. The molecular formula is C25H47NO6. The molecule has 0 spiro atoms. The summed E-state index contributed by atoms with van der Waals surface area (Å²) in [5.41, 5.74) is 0. The Hall–Kier alpha value is -0.280. The Bertz CT molecular complexity index is 513. The van der Waals surface area contributed by atoms with Crippen molar-refractivity contribution in [3.63, 3.8) is 0 Å². The molecule has 0 saturated carbocycles. The van der Waals surface area contributed by atoms with Gasteiger partial charge in [0.1, 0.15) is 18.3 Å². The van der Waals surface area contributed by atoms with Crippen molar-refractivity contribution in [2.24, 2.45) is 0 Å². The number of hydrogen-bond donors (Lipinski definition) is 1. The second kappa shape index (κ2) is 13.6. The zero-order valence-electron chi connectivity index (χ0n) is 20.6. The lowest BCUT2D eigenvalue weighted by atomic mass is 10.1. The van der Waals surface area contributed by atoms with Gasteiger partial charge in [-0.2, -0.15) is 0 Å². The van der Waals surface area contributed by atoms with Crippen molar-refractivity contribution in [1.29, 1.82) is 0 Å². The maximum atomic E-state index is 10.8. The van der Waals surface area contributed by atoms with E-state index in [1.165, 1.54) is 51.4 Å². The summed E-state index contributed by atoms with van der Waals surface area (Å²) in [6.45, 7) is 10.8. The number of ether oxygens (including phenoxy) is 5. The van der Waals surface area contributed by atoms with Crippen LogP contribution in [-0.2, 0) is 23.7 Å². The second-order valence-corrected chi connectivity index (χ2v) is 10.1. The molecule has 3 aliphatic heterocycles. The molecule has 7 heteroatoms. The molecule has 0 aromatic rings. The van der Waals surface area contributed by atoms with E-state index in [4.69, 9.17) is 23.7 Å². The van der Waals surface area contributed by atoms with Gasteiger partial charge < -0.3 is 33.7 Å². The summed E-state index contributed by atoms with van der Waals surface area (Å²) in [6, 6.07) is 0. The SMILES string of the molecule is CCCCCCCCCOCCCO[C@H]1O[C@H]([C@H](O)CN2CCCC2)[C@@H]2OC(C)(C)O[C@H]12. The Morgan fingerprint density at radius 1 is 0.906 bits per heavy atom. The van der Waals surface area contributed by atoms with Gasteiger partial charge in [0, 0.05) is 19.8 Å². The molecule has 0 aliphatic carbocycles. The fourth-order valence-corrected chi connectivity index (χ4v) is 4.99.